The van der Waals surface area contributed by atoms with Gasteiger partial charge in [0.1, 0.15) is 17.2 Å². The number of anilines is 1. The summed E-state index contributed by atoms with van der Waals surface area (Å²) in [4.78, 5) is 16.9. The second kappa shape index (κ2) is 7.76. The maximum Gasteiger partial charge on any atom is 0.157 e. The van der Waals surface area contributed by atoms with Crippen LogP contribution in [0.1, 0.15) is 22.6 Å². The van der Waals surface area contributed by atoms with Crippen molar-refractivity contribution in [1.82, 2.24) is 19.9 Å². The van der Waals surface area contributed by atoms with E-state index in [2.05, 4.69) is 58.3 Å². The number of benzene rings is 1. The highest BCUT2D eigenvalue weighted by atomic mass is 35.5. The molecule has 0 unspecified atom stereocenters. The first-order valence-corrected chi connectivity index (χ1v) is 8.71. The maximum absolute atomic E-state index is 5.83. The molecule has 1 aromatic carbocycles. The topological polar surface area (TPSA) is 80.5 Å². The third-order valence-corrected chi connectivity index (χ3v) is 4.43. The number of H-pyrrole nitrogens is 1. The quantitative estimate of drug-likeness (QED) is 0.549. The number of pyridine rings is 2. The van der Waals surface area contributed by atoms with Crippen molar-refractivity contribution >= 4 is 29.4 Å². The molecule has 3 aromatic heterocycles. The molecule has 3 N–H and O–H groups in total. The Kier molecular flexibility index (Phi) is 5.42. The molecule has 0 radical (unpaired) electrons. The van der Waals surface area contributed by atoms with Crippen molar-refractivity contribution in [3.05, 3.63) is 71.3 Å². The number of nitrogen functional groups attached to an aromatic ring is 1. The molecule has 0 saturated heterocycles. The average molecular weight is 380 g/mol. The molecule has 0 fully saturated rings. The average Bonchev–Trinajstić information content (AvgIpc) is 3.02. The molecule has 0 amide bonds. The Hall–Kier alpha value is -2.92. The van der Waals surface area contributed by atoms with Gasteiger partial charge in [0, 0.05) is 23.9 Å². The third kappa shape index (κ3) is 4.26. The maximum atomic E-state index is 5.83. The van der Waals surface area contributed by atoms with Crippen LogP contribution in [0.2, 0.25) is 0 Å². The number of aryl methyl sites for hydroxylation is 4. The molecule has 0 bridgehead atoms. The van der Waals surface area contributed by atoms with Crippen LogP contribution in [-0.2, 0) is 12.8 Å². The summed E-state index contributed by atoms with van der Waals surface area (Å²) >= 11 is 0. The summed E-state index contributed by atoms with van der Waals surface area (Å²) in [6, 6.07) is 14.5. The number of hydrogen-bond donors (Lipinski definition) is 2. The lowest BCUT2D eigenvalue weighted by Gasteiger charge is -2.02. The Morgan fingerprint density at radius 3 is 2.41 bits per heavy atom. The Balaban J connectivity index is 0.00000210. The van der Waals surface area contributed by atoms with Crippen molar-refractivity contribution in [3.8, 4) is 11.1 Å². The van der Waals surface area contributed by atoms with Crippen LogP contribution >= 0.6 is 12.4 Å². The second-order valence-corrected chi connectivity index (χ2v) is 6.70. The van der Waals surface area contributed by atoms with Gasteiger partial charge in [0.15, 0.2) is 5.65 Å². The van der Waals surface area contributed by atoms with E-state index in [0.29, 0.717) is 5.82 Å². The van der Waals surface area contributed by atoms with Crippen LogP contribution in [0.4, 0.5) is 5.82 Å². The van der Waals surface area contributed by atoms with Gasteiger partial charge >= 0.3 is 0 Å². The molecule has 27 heavy (non-hydrogen) atoms. The van der Waals surface area contributed by atoms with Gasteiger partial charge in [-0.25, -0.2) is 15.0 Å². The van der Waals surface area contributed by atoms with Gasteiger partial charge in [-0.2, -0.15) is 0 Å². The first-order valence-electron chi connectivity index (χ1n) is 8.71. The number of aromatic nitrogens is 4. The molecular weight excluding hydrogens is 358 g/mol. The number of fused-ring (bicyclic) bond motifs is 1. The van der Waals surface area contributed by atoms with E-state index in [1.807, 2.05) is 19.2 Å². The minimum absolute atomic E-state index is 0. The molecule has 0 aliphatic rings. The molecule has 5 nitrogen and oxygen atoms in total. The summed E-state index contributed by atoms with van der Waals surface area (Å²) in [5, 5.41) is 0. The van der Waals surface area contributed by atoms with E-state index in [1.54, 1.807) is 0 Å². The van der Waals surface area contributed by atoms with Crippen molar-refractivity contribution in [3.63, 3.8) is 0 Å². The Bertz CT molecular complexity index is 1050. The summed E-state index contributed by atoms with van der Waals surface area (Å²) in [7, 11) is 0. The van der Waals surface area contributed by atoms with E-state index >= 15 is 0 Å². The minimum atomic E-state index is 0. The van der Waals surface area contributed by atoms with Crippen LogP contribution in [0.3, 0.4) is 0 Å². The van der Waals surface area contributed by atoms with E-state index in [1.165, 1.54) is 5.56 Å². The molecule has 138 valence electrons. The summed E-state index contributed by atoms with van der Waals surface area (Å²) in [6.45, 7) is 4.11. The molecule has 4 rings (SSSR count). The molecule has 0 aliphatic carbocycles. The van der Waals surface area contributed by atoms with Crippen molar-refractivity contribution in [2.45, 2.75) is 26.7 Å². The standard InChI is InChI=1S/C21H21N5.ClH/c1-13-3-5-15(6-4-13)16-11-18-21(23-12-16)26-20(25-18)8-7-17-9-14(2)10-19(22)24-17;/h3-6,9-12H,7-8H2,1-2H3,(H2,22,24)(H,23,25,26);1H. The lowest BCUT2D eigenvalue weighted by molar-refractivity contribution is 0.860. The first-order chi connectivity index (χ1) is 12.6. The molecule has 0 aliphatic heterocycles. The van der Waals surface area contributed by atoms with E-state index in [4.69, 9.17) is 10.7 Å². The molecule has 3 heterocycles. The lowest BCUT2D eigenvalue weighted by atomic mass is 10.1. The Labute approximate surface area is 164 Å². The Morgan fingerprint density at radius 1 is 0.889 bits per heavy atom. The zero-order valence-corrected chi connectivity index (χ0v) is 16.2. The minimum Gasteiger partial charge on any atom is -0.384 e. The highest BCUT2D eigenvalue weighted by Gasteiger charge is 2.08. The van der Waals surface area contributed by atoms with Crippen LogP contribution in [0.25, 0.3) is 22.3 Å². The molecule has 6 heteroatoms. The SMILES string of the molecule is Cc1ccc(-c2cnc3[nH]c(CCc4cc(C)cc(N)n4)nc3c2)cc1.Cl. The number of imidazole rings is 1. The number of hydrogen-bond acceptors (Lipinski definition) is 4. The van der Waals surface area contributed by atoms with Gasteiger partial charge in [0.05, 0.1) is 0 Å². The van der Waals surface area contributed by atoms with Crippen molar-refractivity contribution < 1.29 is 0 Å². The highest BCUT2D eigenvalue weighted by Crippen LogP contribution is 2.22. The van der Waals surface area contributed by atoms with Crippen LogP contribution in [0, 0.1) is 13.8 Å². The smallest absolute Gasteiger partial charge is 0.157 e. The fraction of sp³-hybridized carbons (Fsp3) is 0.190. The van der Waals surface area contributed by atoms with Gasteiger partial charge in [0.25, 0.3) is 0 Å². The van der Waals surface area contributed by atoms with Crippen molar-refractivity contribution in [2.24, 2.45) is 0 Å². The van der Waals surface area contributed by atoms with Gasteiger partial charge in [-0.1, -0.05) is 29.8 Å². The number of nitrogens with one attached hydrogen (secondary N) is 1. The molecule has 0 saturated carbocycles. The van der Waals surface area contributed by atoms with E-state index in [0.717, 1.165) is 52.2 Å². The van der Waals surface area contributed by atoms with Gasteiger partial charge in [0.2, 0.25) is 0 Å². The number of nitrogens with zero attached hydrogens (tertiary/aromatic N) is 3. The van der Waals surface area contributed by atoms with E-state index < -0.39 is 0 Å². The summed E-state index contributed by atoms with van der Waals surface area (Å²) in [6.07, 6.45) is 3.44. The highest BCUT2D eigenvalue weighted by molar-refractivity contribution is 5.85. The number of nitrogens with two attached hydrogens (primary N) is 1. The molecule has 0 atom stereocenters. The fourth-order valence-electron chi connectivity index (χ4n) is 3.11. The van der Waals surface area contributed by atoms with Crippen LogP contribution in [-0.4, -0.2) is 19.9 Å². The molecule has 4 aromatic rings. The number of aromatic amines is 1. The van der Waals surface area contributed by atoms with Crippen molar-refractivity contribution in [1.29, 1.82) is 0 Å². The fourth-order valence-corrected chi connectivity index (χ4v) is 3.11. The predicted octanol–water partition coefficient (Wildman–Crippen LogP) is 4.43. The number of rotatable bonds is 4. The van der Waals surface area contributed by atoms with E-state index in [-0.39, 0.29) is 12.4 Å². The van der Waals surface area contributed by atoms with Gasteiger partial charge in [-0.05, 0) is 49.6 Å². The Morgan fingerprint density at radius 2 is 1.67 bits per heavy atom. The zero-order valence-electron chi connectivity index (χ0n) is 15.4. The summed E-state index contributed by atoms with van der Waals surface area (Å²) in [5.41, 5.74) is 13.1. The normalized spacial score (nSPS) is 10.7. The largest absolute Gasteiger partial charge is 0.384 e. The van der Waals surface area contributed by atoms with Gasteiger partial charge < -0.3 is 10.7 Å². The monoisotopic (exact) mass is 379 g/mol. The predicted molar refractivity (Wildman–Crippen MR) is 112 cm³/mol. The number of halogens is 1. The van der Waals surface area contributed by atoms with Crippen LogP contribution in [0.5, 0.6) is 0 Å². The third-order valence-electron chi connectivity index (χ3n) is 4.43. The second-order valence-electron chi connectivity index (χ2n) is 6.70. The summed E-state index contributed by atoms with van der Waals surface area (Å²) < 4.78 is 0. The van der Waals surface area contributed by atoms with Crippen molar-refractivity contribution in [2.75, 3.05) is 5.73 Å². The van der Waals surface area contributed by atoms with Gasteiger partial charge in [-0.3, -0.25) is 0 Å². The molecule has 0 spiro atoms. The summed E-state index contributed by atoms with van der Waals surface area (Å²) in [5.74, 6) is 1.48. The van der Waals surface area contributed by atoms with E-state index in [9.17, 15) is 0 Å². The lowest BCUT2D eigenvalue weighted by Crippen LogP contribution is -2.00. The van der Waals surface area contributed by atoms with Gasteiger partial charge in [-0.15, -0.1) is 12.4 Å². The zero-order chi connectivity index (χ0) is 18.1. The van der Waals surface area contributed by atoms with Crippen LogP contribution in [0.15, 0.2) is 48.7 Å². The van der Waals surface area contributed by atoms with Crippen LogP contribution < -0.4 is 5.73 Å². The molecular formula is C21H22ClN5. The first kappa shape index (κ1) is 18.9.